The Morgan fingerprint density at radius 3 is 2.78 bits per heavy atom. The predicted molar refractivity (Wildman–Crippen MR) is 110 cm³/mol. The molecule has 2 aromatic heterocycles. The monoisotopic (exact) mass is 424 g/mol. The van der Waals surface area contributed by atoms with Crippen molar-refractivity contribution in [3.63, 3.8) is 0 Å². The number of amides is 1. The van der Waals surface area contributed by atoms with Crippen LogP contribution in [0.1, 0.15) is 18.4 Å². The van der Waals surface area contributed by atoms with Crippen LogP contribution in [0.4, 0.5) is 5.82 Å². The number of anilines is 1. The van der Waals surface area contributed by atoms with E-state index in [1.54, 1.807) is 12.4 Å². The van der Waals surface area contributed by atoms with E-state index in [0.29, 0.717) is 6.54 Å². The second kappa shape index (κ2) is 8.05. The highest BCUT2D eigenvalue weighted by molar-refractivity contribution is 9.10. The summed E-state index contributed by atoms with van der Waals surface area (Å²) < 4.78 is 1.01. The van der Waals surface area contributed by atoms with Crippen LogP contribution in [-0.2, 0) is 11.3 Å². The van der Waals surface area contributed by atoms with Crippen molar-refractivity contribution < 1.29 is 4.79 Å². The molecular formula is C21H21BrN4O. The third-order valence-electron chi connectivity index (χ3n) is 5.04. The van der Waals surface area contributed by atoms with Gasteiger partial charge in [0.2, 0.25) is 5.91 Å². The quantitative estimate of drug-likeness (QED) is 0.689. The summed E-state index contributed by atoms with van der Waals surface area (Å²) >= 11 is 3.58. The van der Waals surface area contributed by atoms with Gasteiger partial charge < -0.3 is 10.2 Å². The van der Waals surface area contributed by atoms with Gasteiger partial charge in [-0.05, 0) is 58.6 Å². The zero-order valence-electron chi connectivity index (χ0n) is 14.9. The summed E-state index contributed by atoms with van der Waals surface area (Å²) in [5.74, 6) is 1.17. The molecular weight excluding hydrogens is 404 g/mol. The van der Waals surface area contributed by atoms with E-state index in [0.717, 1.165) is 52.7 Å². The van der Waals surface area contributed by atoms with Gasteiger partial charge in [0.15, 0.2) is 0 Å². The first-order chi connectivity index (χ1) is 13.2. The van der Waals surface area contributed by atoms with Crippen LogP contribution in [0.25, 0.3) is 10.9 Å². The molecule has 0 aliphatic carbocycles. The van der Waals surface area contributed by atoms with Crippen molar-refractivity contribution in [1.82, 2.24) is 15.3 Å². The molecule has 4 rings (SSSR count). The standard InChI is InChI=1S/C21H21BrN4O/c22-18-5-1-4-16-6-7-19(25-20(16)18)26-11-8-17(9-12-26)21(27)24-14-15-3-2-10-23-13-15/h1-7,10,13,17H,8-9,11-12,14H2,(H,24,27). The second-order valence-corrected chi connectivity index (χ2v) is 7.68. The fraction of sp³-hybridized carbons (Fsp3) is 0.286. The molecule has 0 unspecified atom stereocenters. The third-order valence-corrected chi connectivity index (χ3v) is 5.68. The molecule has 3 aromatic rings. The summed E-state index contributed by atoms with van der Waals surface area (Å²) in [6.45, 7) is 2.22. The number of nitrogens with zero attached hydrogens (tertiary/aromatic N) is 3. The van der Waals surface area contributed by atoms with E-state index in [1.807, 2.05) is 24.3 Å². The van der Waals surface area contributed by atoms with E-state index < -0.39 is 0 Å². The lowest BCUT2D eigenvalue weighted by Crippen LogP contribution is -2.40. The van der Waals surface area contributed by atoms with Gasteiger partial charge in [0.1, 0.15) is 5.82 Å². The topological polar surface area (TPSA) is 58.1 Å². The fourth-order valence-corrected chi connectivity index (χ4v) is 3.95. The van der Waals surface area contributed by atoms with Gasteiger partial charge in [-0.25, -0.2) is 4.98 Å². The molecule has 1 saturated heterocycles. The summed E-state index contributed by atoms with van der Waals surface area (Å²) in [4.78, 5) is 23.6. The average Bonchev–Trinajstić information content (AvgIpc) is 2.73. The summed E-state index contributed by atoms with van der Waals surface area (Å²) in [6.07, 6.45) is 5.20. The van der Waals surface area contributed by atoms with E-state index in [9.17, 15) is 4.79 Å². The van der Waals surface area contributed by atoms with Crippen molar-refractivity contribution in [2.75, 3.05) is 18.0 Å². The first-order valence-corrected chi connectivity index (χ1v) is 9.97. The lowest BCUT2D eigenvalue weighted by molar-refractivity contribution is -0.125. The Kier molecular flexibility index (Phi) is 5.34. The van der Waals surface area contributed by atoms with E-state index in [2.05, 4.69) is 49.3 Å². The Morgan fingerprint density at radius 2 is 2.00 bits per heavy atom. The number of fused-ring (bicyclic) bond motifs is 1. The minimum absolute atomic E-state index is 0.0603. The molecule has 5 nitrogen and oxygen atoms in total. The average molecular weight is 425 g/mol. The number of aromatic nitrogens is 2. The molecule has 0 spiro atoms. The largest absolute Gasteiger partial charge is 0.357 e. The highest BCUT2D eigenvalue weighted by Crippen LogP contribution is 2.27. The van der Waals surface area contributed by atoms with E-state index in [4.69, 9.17) is 4.98 Å². The van der Waals surface area contributed by atoms with Crippen LogP contribution in [0.3, 0.4) is 0 Å². The minimum atomic E-state index is 0.0603. The van der Waals surface area contributed by atoms with Crippen molar-refractivity contribution in [2.24, 2.45) is 5.92 Å². The number of halogens is 1. The minimum Gasteiger partial charge on any atom is -0.357 e. The van der Waals surface area contributed by atoms with Crippen LogP contribution in [-0.4, -0.2) is 29.0 Å². The van der Waals surface area contributed by atoms with Crippen LogP contribution in [0.15, 0.2) is 59.3 Å². The predicted octanol–water partition coefficient (Wildman–Crippen LogP) is 3.93. The van der Waals surface area contributed by atoms with E-state index in [1.165, 1.54) is 0 Å². The van der Waals surface area contributed by atoms with Gasteiger partial charge in [-0.3, -0.25) is 9.78 Å². The molecule has 27 heavy (non-hydrogen) atoms. The zero-order chi connectivity index (χ0) is 18.6. The maximum atomic E-state index is 12.5. The van der Waals surface area contributed by atoms with E-state index >= 15 is 0 Å². The fourth-order valence-electron chi connectivity index (χ4n) is 3.48. The number of piperidine rings is 1. The second-order valence-electron chi connectivity index (χ2n) is 6.82. The Labute approximate surface area is 166 Å². The highest BCUT2D eigenvalue weighted by atomic mass is 79.9. The molecule has 0 atom stereocenters. The van der Waals surface area contributed by atoms with Gasteiger partial charge in [-0.1, -0.05) is 18.2 Å². The number of hydrogen-bond donors (Lipinski definition) is 1. The lowest BCUT2D eigenvalue weighted by Gasteiger charge is -2.32. The molecule has 1 N–H and O–H groups in total. The van der Waals surface area contributed by atoms with Crippen molar-refractivity contribution in [2.45, 2.75) is 19.4 Å². The Balaban J connectivity index is 1.36. The van der Waals surface area contributed by atoms with Gasteiger partial charge >= 0.3 is 0 Å². The number of carbonyl (C=O) groups excluding carboxylic acids is 1. The van der Waals surface area contributed by atoms with Gasteiger partial charge in [0.05, 0.1) is 5.52 Å². The maximum Gasteiger partial charge on any atom is 0.223 e. The number of pyridine rings is 2. The number of hydrogen-bond acceptors (Lipinski definition) is 4. The number of rotatable bonds is 4. The molecule has 1 aliphatic rings. The number of benzene rings is 1. The number of para-hydroxylation sites is 1. The number of carbonyl (C=O) groups is 1. The normalized spacial score (nSPS) is 15.1. The Bertz CT molecular complexity index is 939. The van der Waals surface area contributed by atoms with Crippen LogP contribution in [0.5, 0.6) is 0 Å². The van der Waals surface area contributed by atoms with Crippen LogP contribution in [0, 0.1) is 5.92 Å². The summed E-state index contributed by atoms with van der Waals surface area (Å²) in [6, 6.07) is 14.1. The molecule has 1 aromatic carbocycles. The van der Waals surface area contributed by atoms with Gasteiger partial charge in [-0.15, -0.1) is 0 Å². The van der Waals surface area contributed by atoms with Gasteiger partial charge in [0, 0.05) is 47.8 Å². The summed E-state index contributed by atoms with van der Waals surface area (Å²) in [5.41, 5.74) is 2.00. The first-order valence-electron chi connectivity index (χ1n) is 9.17. The molecule has 0 saturated carbocycles. The summed E-state index contributed by atoms with van der Waals surface area (Å²) in [7, 11) is 0. The van der Waals surface area contributed by atoms with Crippen LogP contribution >= 0.6 is 15.9 Å². The van der Waals surface area contributed by atoms with Crippen LogP contribution in [0.2, 0.25) is 0 Å². The molecule has 138 valence electrons. The molecule has 0 bridgehead atoms. The molecule has 0 radical (unpaired) electrons. The molecule has 1 fully saturated rings. The zero-order valence-corrected chi connectivity index (χ0v) is 16.5. The van der Waals surface area contributed by atoms with Gasteiger partial charge in [-0.2, -0.15) is 0 Å². The first kappa shape index (κ1) is 17.9. The Hall–Kier alpha value is -2.47. The van der Waals surface area contributed by atoms with Crippen LogP contribution < -0.4 is 10.2 Å². The summed E-state index contributed by atoms with van der Waals surface area (Å²) in [5, 5.41) is 4.16. The maximum absolute atomic E-state index is 12.5. The van der Waals surface area contributed by atoms with E-state index in [-0.39, 0.29) is 11.8 Å². The highest BCUT2D eigenvalue weighted by Gasteiger charge is 2.25. The number of nitrogens with one attached hydrogen (secondary N) is 1. The molecule has 1 aliphatic heterocycles. The molecule has 1 amide bonds. The third kappa shape index (κ3) is 4.11. The van der Waals surface area contributed by atoms with Gasteiger partial charge in [0.25, 0.3) is 0 Å². The van der Waals surface area contributed by atoms with Crippen molar-refractivity contribution in [3.8, 4) is 0 Å². The SMILES string of the molecule is O=C(NCc1cccnc1)C1CCN(c2ccc3cccc(Br)c3n2)CC1. The lowest BCUT2D eigenvalue weighted by atomic mass is 9.96. The van der Waals surface area contributed by atoms with Crippen molar-refractivity contribution in [1.29, 1.82) is 0 Å². The van der Waals surface area contributed by atoms with Crippen molar-refractivity contribution in [3.05, 3.63) is 64.9 Å². The van der Waals surface area contributed by atoms with Crippen molar-refractivity contribution >= 4 is 38.6 Å². The Morgan fingerprint density at radius 1 is 1.15 bits per heavy atom. The molecule has 6 heteroatoms. The molecule has 3 heterocycles. The smallest absolute Gasteiger partial charge is 0.223 e.